The van der Waals surface area contributed by atoms with Gasteiger partial charge in [0.05, 0.1) is 30.7 Å². The minimum absolute atomic E-state index is 0.0482. The number of aromatic amines is 1. The number of aromatic nitrogens is 2. The summed E-state index contributed by atoms with van der Waals surface area (Å²) in [5.41, 5.74) is 2.18. The van der Waals surface area contributed by atoms with Crippen molar-refractivity contribution >= 4 is 28.2 Å². The molecule has 2 aromatic carbocycles. The Hall–Kier alpha value is -3.83. The zero-order valence-corrected chi connectivity index (χ0v) is 17.7. The molecule has 0 saturated heterocycles. The fraction of sp³-hybridized carbons (Fsp3) is 0.261. The van der Waals surface area contributed by atoms with Crippen LogP contribution in [0, 0.1) is 11.3 Å². The van der Waals surface area contributed by atoms with Crippen LogP contribution in [0.3, 0.4) is 0 Å². The molecule has 31 heavy (non-hydrogen) atoms. The smallest absolute Gasteiger partial charge is 0.238 e. The normalized spacial score (nSPS) is 12.9. The Balaban J connectivity index is 1.76. The standard InChI is InChI=1S/C23H25N5O3/c1-4-28(14-21(29)25-16-9-11-17(31-3)12-10-16)15(2)22(30)18(13-24)23-26-19-7-5-6-8-20(19)27-23/h5-12,15,30H,4,14H2,1-3H3,(H,25,29)(H,26,27)/b22-18-/t15-/m1/s1. The number of carbonyl (C=O) groups is 1. The lowest BCUT2D eigenvalue weighted by atomic mass is 10.1. The highest BCUT2D eigenvalue weighted by Gasteiger charge is 2.24. The lowest BCUT2D eigenvalue weighted by Gasteiger charge is -2.27. The van der Waals surface area contributed by atoms with Crippen LogP contribution >= 0.6 is 0 Å². The van der Waals surface area contributed by atoms with Gasteiger partial charge in [-0.15, -0.1) is 0 Å². The summed E-state index contributed by atoms with van der Waals surface area (Å²) in [6.07, 6.45) is 0. The van der Waals surface area contributed by atoms with Gasteiger partial charge in [0.1, 0.15) is 23.2 Å². The van der Waals surface area contributed by atoms with Crippen LogP contribution in [0.15, 0.2) is 54.3 Å². The maximum atomic E-state index is 12.5. The zero-order valence-electron chi connectivity index (χ0n) is 17.7. The van der Waals surface area contributed by atoms with Crippen molar-refractivity contribution in [1.29, 1.82) is 5.26 Å². The molecule has 0 aliphatic heterocycles. The number of H-pyrrole nitrogens is 1. The first kappa shape index (κ1) is 21.9. The molecule has 3 aromatic rings. The number of nitrogens with zero attached hydrogens (tertiary/aromatic N) is 3. The molecule has 0 fully saturated rings. The molecule has 0 bridgehead atoms. The minimum Gasteiger partial charge on any atom is -0.509 e. The lowest BCUT2D eigenvalue weighted by molar-refractivity contribution is -0.117. The van der Waals surface area contributed by atoms with Crippen molar-refractivity contribution in [2.45, 2.75) is 19.9 Å². The van der Waals surface area contributed by atoms with Crippen molar-refractivity contribution in [3.8, 4) is 11.8 Å². The van der Waals surface area contributed by atoms with Gasteiger partial charge >= 0.3 is 0 Å². The molecule has 160 valence electrons. The lowest BCUT2D eigenvalue weighted by Crippen LogP contribution is -2.40. The second-order valence-corrected chi connectivity index (χ2v) is 6.99. The number of imidazole rings is 1. The highest BCUT2D eigenvalue weighted by molar-refractivity contribution is 5.92. The van der Waals surface area contributed by atoms with Gasteiger partial charge < -0.3 is 20.1 Å². The topological polar surface area (TPSA) is 114 Å². The molecule has 1 amide bonds. The molecule has 1 heterocycles. The van der Waals surface area contributed by atoms with Gasteiger partial charge in [0.15, 0.2) is 5.82 Å². The Morgan fingerprint density at radius 3 is 2.61 bits per heavy atom. The van der Waals surface area contributed by atoms with Crippen molar-refractivity contribution in [3.05, 3.63) is 60.1 Å². The molecule has 0 unspecified atom stereocenters. The maximum absolute atomic E-state index is 12.5. The third kappa shape index (κ3) is 5.02. The number of benzene rings is 2. The van der Waals surface area contributed by atoms with Crippen LogP contribution in [0.2, 0.25) is 0 Å². The van der Waals surface area contributed by atoms with Gasteiger partial charge in [0.25, 0.3) is 0 Å². The van der Waals surface area contributed by atoms with Crippen LogP contribution in [0.1, 0.15) is 19.7 Å². The number of ether oxygens (including phenoxy) is 1. The summed E-state index contributed by atoms with van der Waals surface area (Å²) < 4.78 is 5.11. The molecule has 3 N–H and O–H groups in total. The van der Waals surface area contributed by atoms with E-state index in [2.05, 4.69) is 15.3 Å². The quantitative estimate of drug-likeness (QED) is 0.379. The van der Waals surface area contributed by atoms with E-state index in [9.17, 15) is 15.2 Å². The number of rotatable bonds is 8. The molecule has 1 aromatic heterocycles. The van der Waals surface area contributed by atoms with E-state index >= 15 is 0 Å². The number of allylic oxidation sites excluding steroid dienone is 1. The third-order valence-electron chi connectivity index (χ3n) is 5.06. The van der Waals surface area contributed by atoms with E-state index in [-0.39, 0.29) is 23.8 Å². The summed E-state index contributed by atoms with van der Waals surface area (Å²) in [4.78, 5) is 21.8. The predicted octanol–water partition coefficient (Wildman–Crippen LogP) is 3.71. The SMILES string of the molecule is CCN(CC(=O)Nc1ccc(OC)cc1)[C@H](C)/C(O)=C(\C#N)c1nc2ccccc2[nH]1. The fourth-order valence-electron chi connectivity index (χ4n) is 3.27. The Morgan fingerprint density at radius 2 is 2.00 bits per heavy atom. The van der Waals surface area contributed by atoms with E-state index in [4.69, 9.17) is 4.74 Å². The first-order valence-electron chi connectivity index (χ1n) is 9.93. The van der Waals surface area contributed by atoms with E-state index < -0.39 is 6.04 Å². The van der Waals surface area contributed by atoms with Crippen molar-refractivity contribution in [3.63, 3.8) is 0 Å². The number of para-hydroxylation sites is 2. The van der Waals surface area contributed by atoms with Gasteiger partial charge in [0, 0.05) is 5.69 Å². The molecular formula is C23H25N5O3. The molecule has 0 aliphatic carbocycles. The average molecular weight is 419 g/mol. The minimum atomic E-state index is -0.561. The summed E-state index contributed by atoms with van der Waals surface area (Å²) in [6.45, 7) is 4.18. The summed E-state index contributed by atoms with van der Waals surface area (Å²) in [7, 11) is 1.58. The predicted molar refractivity (Wildman–Crippen MR) is 120 cm³/mol. The number of aliphatic hydroxyl groups is 1. The number of carbonyl (C=O) groups excluding carboxylic acids is 1. The van der Waals surface area contributed by atoms with Crippen molar-refractivity contribution in [2.75, 3.05) is 25.5 Å². The van der Waals surface area contributed by atoms with Crippen molar-refractivity contribution in [2.24, 2.45) is 0 Å². The third-order valence-corrected chi connectivity index (χ3v) is 5.06. The molecule has 0 aliphatic rings. The summed E-state index contributed by atoms with van der Waals surface area (Å²) in [6, 6.07) is 15.9. The largest absolute Gasteiger partial charge is 0.509 e. The number of anilines is 1. The summed E-state index contributed by atoms with van der Waals surface area (Å²) in [5.74, 6) is 0.632. The van der Waals surface area contributed by atoms with Crippen molar-refractivity contribution in [1.82, 2.24) is 14.9 Å². The molecular weight excluding hydrogens is 394 g/mol. The van der Waals surface area contributed by atoms with Gasteiger partial charge in [-0.1, -0.05) is 19.1 Å². The molecule has 1 atom stereocenters. The van der Waals surface area contributed by atoms with Crippen LogP contribution < -0.4 is 10.1 Å². The summed E-state index contributed by atoms with van der Waals surface area (Å²) >= 11 is 0. The first-order valence-corrected chi connectivity index (χ1v) is 9.93. The van der Waals surface area contributed by atoms with Crippen molar-refractivity contribution < 1.29 is 14.6 Å². The van der Waals surface area contributed by atoms with E-state index in [0.717, 1.165) is 5.52 Å². The highest BCUT2D eigenvalue weighted by atomic mass is 16.5. The molecule has 0 spiro atoms. The first-order chi connectivity index (χ1) is 15.0. The number of likely N-dealkylation sites (N-methyl/N-ethyl adjacent to an activating group) is 1. The number of hydrogen-bond acceptors (Lipinski definition) is 6. The fourth-order valence-corrected chi connectivity index (χ4v) is 3.27. The second kappa shape index (κ2) is 9.78. The van der Waals surface area contributed by atoms with Crippen LogP contribution in [-0.2, 0) is 4.79 Å². The van der Waals surface area contributed by atoms with Crippen LogP contribution in [-0.4, -0.2) is 52.1 Å². The average Bonchev–Trinajstić information content (AvgIpc) is 3.21. The van der Waals surface area contributed by atoms with E-state index in [1.165, 1.54) is 0 Å². The Bertz CT molecular complexity index is 1100. The number of hydrogen-bond donors (Lipinski definition) is 3. The number of fused-ring (bicyclic) bond motifs is 1. The van der Waals surface area contributed by atoms with Crippen LogP contribution in [0.25, 0.3) is 16.6 Å². The molecule has 8 heteroatoms. The second-order valence-electron chi connectivity index (χ2n) is 6.99. The monoisotopic (exact) mass is 419 g/mol. The zero-order chi connectivity index (χ0) is 22.4. The highest BCUT2D eigenvalue weighted by Crippen LogP contribution is 2.22. The Labute approximate surface area is 180 Å². The number of nitrogens with one attached hydrogen (secondary N) is 2. The van der Waals surface area contributed by atoms with Gasteiger partial charge in [-0.05, 0) is 49.9 Å². The van der Waals surface area contributed by atoms with Gasteiger partial charge in [-0.25, -0.2) is 4.98 Å². The van der Waals surface area contributed by atoms with Gasteiger partial charge in [-0.3, -0.25) is 9.69 Å². The molecule has 3 rings (SSSR count). The Morgan fingerprint density at radius 1 is 1.29 bits per heavy atom. The number of aliphatic hydroxyl groups excluding tert-OH is 1. The maximum Gasteiger partial charge on any atom is 0.238 e. The number of amides is 1. The number of methoxy groups -OCH3 is 1. The Kier molecular flexibility index (Phi) is 6.90. The molecule has 0 saturated carbocycles. The summed E-state index contributed by atoms with van der Waals surface area (Å²) in [5, 5.41) is 23.3. The van der Waals surface area contributed by atoms with Crippen LogP contribution in [0.4, 0.5) is 5.69 Å². The van der Waals surface area contributed by atoms with E-state index in [1.54, 1.807) is 43.2 Å². The van der Waals surface area contributed by atoms with E-state index in [0.29, 0.717) is 29.3 Å². The van der Waals surface area contributed by atoms with Crippen LogP contribution in [0.5, 0.6) is 5.75 Å². The molecule has 0 radical (unpaired) electrons. The van der Waals surface area contributed by atoms with Gasteiger partial charge in [-0.2, -0.15) is 5.26 Å². The number of nitriles is 1. The van der Waals surface area contributed by atoms with E-state index in [1.807, 2.05) is 37.3 Å². The molecule has 8 nitrogen and oxygen atoms in total. The van der Waals surface area contributed by atoms with Gasteiger partial charge in [0.2, 0.25) is 5.91 Å².